The Labute approximate surface area is 363 Å². The van der Waals surface area contributed by atoms with Crippen molar-refractivity contribution in [1.29, 1.82) is 0 Å². The van der Waals surface area contributed by atoms with Gasteiger partial charge < -0.3 is 68.7 Å². The van der Waals surface area contributed by atoms with Gasteiger partial charge in [0.25, 0.3) is 0 Å². The van der Waals surface area contributed by atoms with Crippen LogP contribution in [0.5, 0.6) is 0 Å². The van der Waals surface area contributed by atoms with Crippen LogP contribution < -0.4 is 5.32 Å². The number of likely N-dealkylation sites (N-methyl/N-ethyl adjacent to an activating group) is 1. The highest BCUT2D eigenvalue weighted by molar-refractivity contribution is 5.81. The molecule has 5 rings (SSSR count). The number of aliphatic hydroxyl groups excluding tert-OH is 2. The summed E-state index contributed by atoms with van der Waals surface area (Å²) in [4.78, 5) is 16.4. The van der Waals surface area contributed by atoms with Crippen molar-refractivity contribution in [2.75, 3.05) is 27.7 Å². The molecule has 4 heterocycles. The first-order valence-corrected chi connectivity index (χ1v) is 22.2. The molecule has 0 amide bonds. The third-order valence-corrected chi connectivity index (χ3v) is 14.3. The van der Waals surface area contributed by atoms with Crippen molar-refractivity contribution >= 4 is 16.9 Å². The van der Waals surface area contributed by atoms with E-state index in [-0.39, 0.29) is 37.3 Å². The summed E-state index contributed by atoms with van der Waals surface area (Å²) in [5, 5.41) is 64.6. The molecule has 0 saturated carbocycles. The molecule has 3 aliphatic heterocycles. The van der Waals surface area contributed by atoms with E-state index in [2.05, 4.69) is 5.32 Å². The van der Waals surface area contributed by atoms with Gasteiger partial charge in [-0.1, -0.05) is 39.0 Å². The third-order valence-electron chi connectivity index (χ3n) is 14.3. The van der Waals surface area contributed by atoms with Crippen molar-refractivity contribution in [1.82, 2.24) is 14.8 Å². The van der Waals surface area contributed by atoms with Crippen LogP contribution in [0.4, 0.5) is 0 Å². The molecule has 18 atom stereocenters. The predicted octanol–water partition coefficient (Wildman–Crippen LogP) is 3.58. The van der Waals surface area contributed by atoms with Gasteiger partial charge in [0.2, 0.25) is 0 Å². The van der Waals surface area contributed by atoms with Crippen molar-refractivity contribution in [3.63, 3.8) is 0 Å². The fourth-order valence-corrected chi connectivity index (χ4v) is 10.5. The van der Waals surface area contributed by atoms with Crippen molar-refractivity contribution in [3.05, 3.63) is 36.0 Å². The number of nitrogens with one attached hydrogen (secondary N) is 1. The number of aromatic nitrogens is 1. The number of aliphatic hydroxyl groups is 5. The number of hydrogen-bond acceptors (Lipinski definition) is 14. The highest BCUT2D eigenvalue weighted by Gasteiger charge is 2.60. The SMILES string of the molecule is CCC1OC(=O)[C@H](C)[C@@H](O[C@H]2C[C@@](C)(OC)[C@@](O)(c3cc4ccccc4n3C)[C@H](C)O2)[C@H](C)[C@@H](O[C@@H]2O[C@H](C)C[C@H](N(C)C)[C@H]2O)[C@](C)(O)C[C@@H](C)CN[C@H](C)[C@@H](O)[C@]1(C)O. The molecule has 0 bridgehead atoms. The van der Waals surface area contributed by atoms with Crippen LogP contribution in [-0.2, 0) is 45.9 Å². The smallest absolute Gasteiger partial charge is 0.311 e. The first-order chi connectivity index (χ1) is 28.3. The number of hydrogen-bond donors (Lipinski definition) is 6. The van der Waals surface area contributed by atoms with Crippen molar-refractivity contribution < 1.29 is 58.7 Å². The molecule has 3 aliphatic rings. The molecule has 1 unspecified atom stereocenters. The minimum absolute atomic E-state index is 0.0321. The summed E-state index contributed by atoms with van der Waals surface area (Å²) in [6.07, 6.45) is -8.01. The Balaban J connectivity index is 1.59. The highest BCUT2D eigenvalue weighted by Crippen LogP contribution is 2.49. The van der Waals surface area contributed by atoms with Crippen LogP contribution in [0.25, 0.3) is 10.9 Å². The number of benzene rings is 1. The van der Waals surface area contributed by atoms with E-state index in [9.17, 15) is 30.3 Å². The predicted molar refractivity (Wildman–Crippen MR) is 230 cm³/mol. The summed E-state index contributed by atoms with van der Waals surface area (Å²) in [5.74, 6) is -2.75. The molecule has 0 spiro atoms. The minimum Gasteiger partial charge on any atom is -0.459 e. The molecular formula is C46H77N3O12. The van der Waals surface area contributed by atoms with Crippen LogP contribution in [0.2, 0.25) is 0 Å². The topological polar surface area (TPSA) is 194 Å². The zero-order chi connectivity index (χ0) is 45.6. The second-order valence-electron chi connectivity index (χ2n) is 19.5. The van der Waals surface area contributed by atoms with Gasteiger partial charge in [0.1, 0.15) is 29.5 Å². The number of carbonyl (C=O) groups is 1. The van der Waals surface area contributed by atoms with E-state index in [4.69, 9.17) is 28.4 Å². The molecule has 15 nitrogen and oxygen atoms in total. The van der Waals surface area contributed by atoms with Gasteiger partial charge in [0, 0.05) is 44.1 Å². The summed E-state index contributed by atoms with van der Waals surface area (Å²) >= 11 is 0. The van der Waals surface area contributed by atoms with E-state index in [1.165, 1.54) is 14.0 Å². The lowest BCUT2D eigenvalue weighted by atomic mass is 9.73. The number of carbonyl (C=O) groups excluding carboxylic acids is 1. The maximum absolute atomic E-state index is 14.5. The van der Waals surface area contributed by atoms with Gasteiger partial charge in [-0.25, -0.2) is 0 Å². The zero-order valence-corrected chi connectivity index (χ0v) is 39.0. The van der Waals surface area contributed by atoms with Crippen LogP contribution in [0.1, 0.15) is 101 Å². The number of ether oxygens (including phenoxy) is 6. The normalized spacial score (nSPS) is 45.0. The lowest BCUT2D eigenvalue weighted by molar-refractivity contribution is -0.342. The maximum atomic E-state index is 14.5. The highest BCUT2D eigenvalue weighted by atomic mass is 16.7. The minimum atomic E-state index is -1.83. The summed E-state index contributed by atoms with van der Waals surface area (Å²) in [6.45, 7) is 18.0. The van der Waals surface area contributed by atoms with Gasteiger partial charge in [-0.2, -0.15) is 0 Å². The van der Waals surface area contributed by atoms with Crippen molar-refractivity contribution in [3.8, 4) is 0 Å². The summed E-state index contributed by atoms with van der Waals surface area (Å²) in [5.41, 5.74) is -4.83. The van der Waals surface area contributed by atoms with Gasteiger partial charge in [0.05, 0.1) is 41.6 Å². The van der Waals surface area contributed by atoms with Crippen molar-refractivity contribution in [2.24, 2.45) is 24.8 Å². The fourth-order valence-electron chi connectivity index (χ4n) is 10.5. The molecule has 0 radical (unpaired) electrons. The van der Waals surface area contributed by atoms with Gasteiger partial charge in [-0.3, -0.25) is 4.79 Å². The number of rotatable bonds is 8. The van der Waals surface area contributed by atoms with Crippen LogP contribution >= 0.6 is 0 Å². The Bertz CT molecular complexity index is 1770. The van der Waals surface area contributed by atoms with E-state index in [1.807, 2.05) is 88.6 Å². The van der Waals surface area contributed by atoms with Gasteiger partial charge >= 0.3 is 5.97 Å². The second kappa shape index (κ2) is 19.1. The maximum Gasteiger partial charge on any atom is 0.311 e. The summed E-state index contributed by atoms with van der Waals surface area (Å²) in [6, 6.07) is 8.89. The quantitative estimate of drug-likeness (QED) is 0.211. The van der Waals surface area contributed by atoms with Gasteiger partial charge in [-0.15, -0.1) is 0 Å². The number of fused-ring (bicyclic) bond motifs is 1. The van der Waals surface area contributed by atoms with E-state index < -0.39 is 95.5 Å². The van der Waals surface area contributed by atoms with Crippen LogP contribution in [0.3, 0.4) is 0 Å². The molecule has 348 valence electrons. The zero-order valence-electron chi connectivity index (χ0n) is 39.0. The number of methoxy groups -OCH3 is 1. The molecule has 3 fully saturated rings. The van der Waals surface area contributed by atoms with E-state index in [0.717, 1.165) is 10.9 Å². The standard InChI is InChI=1S/C46H77N3O12/c1-15-35-45(10,54)39(51)29(6)47-24-25(2)22-43(8,53)40(61-42-37(50)33(48(11)12)20-26(3)57-42)27(4)38(28(5)41(52)59-35)60-36-23-44(9,56-14)46(55,30(7)58-36)34-21-31-18-16-17-19-32(31)49(34)13/h16-19,21,25-30,33,35-40,42,47,50-51,53-55H,15,20,22-24H2,1-14H3/t25-,26-,27+,28-,29-,30+,33+,35?,36+,37-,38+,39-,40-,42+,43-,44-,45-,46+/m1/s1. The Morgan fingerprint density at radius 2 is 1.62 bits per heavy atom. The monoisotopic (exact) mass is 864 g/mol. The average molecular weight is 864 g/mol. The third kappa shape index (κ3) is 9.74. The van der Waals surface area contributed by atoms with Crippen molar-refractivity contribution in [2.45, 2.75) is 185 Å². The summed E-state index contributed by atoms with van der Waals surface area (Å²) in [7, 11) is 7.20. The first kappa shape index (κ1) is 49.8. The average Bonchev–Trinajstić information content (AvgIpc) is 3.54. The molecule has 15 heteroatoms. The van der Waals surface area contributed by atoms with Gasteiger partial charge in [0.15, 0.2) is 18.2 Å². The number of esters is 1. The first-order valence-electron chi connectivity index (χ1n) is 22.2. The Hall–Kier alpha value is -2.25. The second-order valence-corrected chi connectivity index (χ2v) is 19.5. The molecule has 6 N–H and O–H groups in total. The van der Waals surface area contributed by atoms with Crippen LogP contribution in [0.15, 0.2) is 30.3 Å². The number of aryl methyl sites for hydroxylation is 1. The van der Waals surface area contributed by atoms with E-state index >= 15 is 0 Å². The lowest BCUT2D eigenvalue weighted by Gasteiger charge is -2.53. The number of para-hydroxylation sites is 1. The molecule has 1 aromatic heterocycles. The Morgan fingerprint density at radius 3 is 2.23 bits per heavy atom. The number of cyclic esters (lactones) is 1. The van der Waals surface area contributed by atoms with Crippen LogP contribution in [-0.4, -0.2) is 153 Å². The van der Waals surface area contributed by atoms with Gasteiger partial charge in [-0.05, 0) is 112 Å². The number of nitrogens with zero attached hydrogens (tertiary/aromatic N) is 2. The molecule has 0 aliphatic carbocycles. The molecule has 1 aromatic carbocycles. The summed E-state index contributed by atoms with van der Waals surface area (Å²) < 4.78 is 40.9. The van der Waals surface area contributed by atoms with E-state index in [1.54, 1.807) is 34.6 Å². The van der Waals surface area contributed by atoms with Crippen LogP contribution in [0, 0.1) is 17.8 Å². The Kier molecular flexibility index (Phi) is 15.6. The Morgan fingerprint density at radius 1 is 0.967 bits per heavy atom. The molecule has 61 heavy (non-hydrogen) atoms. The molecular weight excluding hydrogens is 787 g/mol. The van der Waals surface area contributed by atoms with E-state index in [0.29, 0.717) is 18.7 Å². The molecule has 2 aromatic rings. The molecule has 3 saturated heterocycles. The fraction of sp³-hybridized carbons (Fsp3) is 0.804. The lowest BCUT2D eigenvalue weighted by Crippen LogP contribution is -2.65. The largest absolute Gasteiger partial charge is 0.459 e.